The van der Waals surface area contributed by atoms with Crippen molar-refractivity contribution in [2.24, 2.45) is 5.92 Å². The Morgan fingerprint density at radius 1 is 1.06 bits per heavy atom. The number of carbonyl (C=O) groups excluding carboxylic acids is 1. The first-order valence-electron chi connectivity index (χ1n) is 12.1. The number of aromatic amines is 1. The first-order chi connectivity index (χ1) is 15.7. The number of fused-ring (bicyclic) bond motifs is 1. The molecule has 0 unspecified atom stereocenters. The van der Waals surface area contributed by atoms with E-state index < -0.39 is 0 Å². The molecule has 0 radical (unpaired) electrons. The summed E-state index contributed by atoms with van der Waals surface area (Å²) in [7, 11) is 0. The SMILES string of the molecule is O=C(c1cnccn1)N1CCc2nc(C3CCN(CC4CCCCC4)CC3)[nH]c(=O)c2C1. The predicted octanol–water partition coefficient (Wildman–Crippen LogP) is 2.52. The molecule has 1 saturated carbocycles. The molecule has 8 nitrogen and oxygen atoms in total. The number of nitrogens with one attached hydrogen (secondary N) is 1. The van der Waals surface area contributed by atoms with Crippen molar-refractivity contribution >= 4 is 5.91 Å². The molecular formula is C24H32N6O2. The Labute approximate surface area is 188 Å². The van der Waals surface area contributed by atoms with Crippen LogP contribution in [-0.2, 0) is 13.0 Å². The van der Waals surface area contributed by atoms with Crippen molar-refractivity contribution in [1.29, 1.82) is 0 Å². The lowest BCUT2D eigenvalue weighted by molar-refractivity contribution is 0.0726. The Hall–Kier alpha value is -2.61. The molecule has 1 saturated heterocycles. The average molecular weight is 437 g/mol. The fourth-order valence-electron chi connectivity index (χ4n) is 5.51. The second kappa shape index (κ2) is 9.48. The number of hydrogen-bond acceptors (Lipinski definition) is 6. The second-order valence-corrected chi connectivity index (χ2v) is 9.52. The monoisotopic (exact) mass is 436 g/mol. The number of likely N-dealkylation sites (tertiary alicyclic amines) is 1. The number of amides is 1. The molecule has 2 aromatic heterocycles. The van der Waals surface area contributed by atoms with Gasteiger partial charge in [-0.05, 0) is 44.7 Å². The van der Waals surface area contributed by atoms with Crippen molar-refractivity contribution in [2.75, 3.05) is 26.2 Å². The van der Waals surface area contributed by atoms with E-state index in [9.17, 15) is 9.59 Å². The zero-order valence-corrected chi connectivity index (χ0v) is 18.6. The zero-order chi connectivity index (χ0) is 21.9. The van der Waals surface area contributed by atoms with E-state index in [0.717, 1.165) is 43.4 Å². The van der Waals surface area contributed by atoms with E-state index in [1.807, 2.05) is 0 Å². The second-order valence-electron chi connectivity index (χ2n) is 9.52. The molecule has 0 atom stereocenters. The van der Waals surface area contributed by atoms with Crippen molar-refractivity contribution in [3.05, 3.63) is 51.7 Å². The molecule has 0 aromatic carbocycles. The summed E-state index contributed by atoms with van der Waals surface area (Å²) in [4.78, 5) is 45.8. The zero-order valence-electron chi connectivity index (χ0n) is 18.6. The summed E-state index contributed by atoms with van der Waals surface area (Å²) in [5, 5.41) is 0. The van der Waals surface area contributed by atoms with Gasteiger partial charge in [-0.25, -0.2) is 9.97 Å². The van der Waals surface area contributed by atoms with Gasteiger partial charge in [-0.3, -0.25) is 14.6 Å². The molecule has 3 aliphatic rings. The molecule has 32 heavy (non-hydrogen) atoms. The van der Waals surface area contributed by atoms with Crippen molar-refractivity contribution in [2.45, 2.75) is 63.8 Å². The highest BCUT2D eigenvalue weighted by molar-refractivity contribution is 5.92. The Bertz CT molecular complexity index is 993. The topological polar surface area (TPSA) is 95.1 Å². The fraction of sp³-hybridized carbons (Fsp3) is 0.625. The van der Waals surface area contributed by atoms with Gasteiger partial charge in [0, 0.05) is 37.8 Å². The van der Waals surface area contributed by atoms with Crippen LogP contribution in [0.1, 0.15) is 78.4 Å². The van der Waals surface area contributed by atoms with E-state index >= 15 is 0 Å². The van der Waals surface area contributed by atoms with Crippen molar-refractivity contribution in [3.8, 4) is 0 Å². The Morgan fingerprint density at radius 3 is 2.62 bits per heavy atom. The maximum Gasteiger partial charge on any atom is 0.274 e. The smallest absolute Gasteiger partial charge is 0.274 e. The van der Waals surface area contributed by atoms with E-state index in [0.29, 0.717) is 30.1 Å². The van der Waals surface area contributed by atoms with Gasteiger partial charge in [-0.2, -0.15) is 0 Å². The molecule has 2 fully saturated rings. The molecule has 8 heteroatoms. The van der Waals surface area contributed by atoms with Gasteiger partial charge in [0.1, 0.15) is 11.5 Å². The molecule has 4 heterocycles. The van der Waals surface area contributed by atoms with Crippen LogP contribution in [0.15, 0.2) is 23.4 Å². The lowest BCUT2D eigenvalue weighted by atomic mass is 9.87. The lowest BCUT2D eigenvalue weighted by Gasteiger charge is -2.35. The van der Waals surface area contributed by atoms with Crippen LogP contribution < -0.4 is 5.56 Å². The molecule has 2 aliphatic heterocycles. The highest BCUT2D eigenvalue weighted by Gasteiger charge is 2.29. The summed E-state index contributed by atoms with van der Waals surface area (Å²) in [6.07, 6.45) is 14.2. The van der Waals surface area contributed by atoms with Crippen molar-refractivity contribution in [3.63, 3.8) is 0 Å². The minimum Gasteiger partial charge on any atom is -0.332 e. The summed E-state index contributed by atoms with van der Waals surface area (Å²) >= 11 is 0. The minimum atomic E-state index is -0.197. The molecule has 170 valence electrons. The fourth-order valence-corrected chi connectivity index (χ4v) is 5.51. The first-order valence-corrected chi connectivity index (χ1v) is 12.1. The Kier molecular flexibility index (Phi) is 6.30. The molecular weight excluding hydrogens is 404 g/mol. The van der Waals surface area contributed by atoms with Gasteiger partial charge < -0.3 is 14.8 Å². The molecule has 1 N–H and O–H groups in total. The van der Waals surface area contributed by atoms with E-state index in [2.05, 4.69) is 19.9 Å². The van der Waals surface area contributed by atoms with Gasteiger partial charge in [-0.15, -0.1) is 0 Å². The Morgan fingerprint density at radius 2 is 1.88 bits per heavy atom. The minimum absolute atomic E-state index is 0.105. The summed E-state index contributed by atoms with van der Waals surface area (Å²) < 4.78 is 0. The number of H-pyrrole nitrogens is 1. The third kappa shape index (κ3) is 4.60. The quantitative estimate of drug-likeness (QED) is 0.791. The summed E-state index contributed by atoms with van der Waals surface area (Å²) in [6.45, 7) is 4.21. The number of piperidine rings is 1. The van der Waals surface area contributed by atoms with Crippen LogP contribution in [-0.4, -0.2) is 61.8 Å². The number of nitrogens with zero attached hydrogens (tertiary/aromatic N) is 5. The van der Waals surface area contributed by atoms with Crippen LogP contribution in [0.5, 0.6) is 0 Å². The molecule has 0 spiro atoms. The third-order valence-electron chi connectivity index (χ3n) is 7.37. The molecule has 1 aliphatic carbocycles. The predicted molar refractivity (Wildman–Crippen MR) is 120 cm³/mol. The van der Waals surface area contributed by atoms with Crippen LogP contribution >= 0.6 is 0 Å². The Balaban J connectivity index is 1.22. The molecule has 5 rings (SSSR count). The highest BCUT2D eigenvalue weighted by atomic mass is 16.2. The number of rotatable bonds is 4. The molecule has 0 bridgehead atoms. The van der Waals surface area contributed by atoms with Crippen LogP contribution in [0.4, 0.5) is 0 Å². The number of hydrogen-bond donors (Lipinski definition) is 1. The van der Waals surface area contributed by atoms with Gasteiger partial charge in [0.2, 0.25) is 0 Å². The van der Waals surface area contributed by atoms with Gasteiger partial charge in [0.25, 0.3) is 11.5 Å². The van der Waals surface area contributed by atoms with Crippen LogP contribution in [0.2, 0.25) is 0 Å². The van der Waals surface area contributed by atoms with E-state index in [1.54, 1.807) is 11.1 Å². The standard InChI is InChI=1S/C24H32N6O2/c31-23-19-16-30(24(32)21-14-25-9-10-26-21)13-8-20(19)27-22(28-23)18-6-11-29(12-7-18)15-17-4-2-1-3-5-17/h9-10,14,17-18H,1-8,11-13,15-16H2,(H,27,28,31). The largest absolute Gasteiger partial charge is 0.332 e. The first kappa shape index (κ1) is 21.2. The normalized spacial score (nSPS) is 20.8. The highest BCUT2D eigenvalue weighted by Crippen LogP contribution is 2.29. The number of carbonyl (C=O) groups is 1. The molecule has 1 amide bonds. The number of aromatic nitrogens is 4. The van der Waals surface area contributed by atoms with Crippen LogP contribution in [0.25, 0.3) is 0 Å². The van der Waals surface area contributed by atoms with Crippen LogP contribution in [0.3, 0.4) is 0 Å². The third-order valence-corrected chi connectivity index (χ3v) is 7.37. The summed E-state index contributed by atoms with van der Waals surface area (Å²) in [5.74, 6) is 1.82. The molecule has 2 aromatic rings. The lowest BCUT2D eigenvalue weighted by Crippen LogP contribution is -2.41. The summed E-state index contributed by atoms with van der Waals surface area (Å²) in [5.41, 5.74) is 1.65. The van der Waals surface area contributed by atoms with Gasteiger partial charge in [0.05, 0.1) is 24.0 Å². The van der Waals surface area contributed by atoms with Crippen LogP contribution in [0, 0.1) is 5.92 Å². The van der Waals surface area contributed by atoms with Crippen molar-refractivity contribution < 1.29 is 4.79 Å². The van der Waals surface area contributed by atoms with Gasteiger partial charge in [-0.1, -0.05) is 19.3 Å². The van der Waals surface area contributed by atoms with Gasteiger partial charge in [0.15, 0.2) is 0 Å². The summed E-state index contributed by atoms with van der Waals surface area (Å²) in [6, 6.07) is 0. The van der Waals surface area contributed by atoms with Gasteiger partial charge >= 0.3 is 0 Å². The maximum absolute atomic E-state index is 12.9. The van der Waals surface area contributed by atoms with E-state index in [4.69, 9.17) is 4.98 Å². The van der Waals surface area contributed by atoms with E-state index in [-0.39, 0.29) is 18.0 Å². The average Bonchev–Trinajstić information content (AvgIpc) is 2.85. The van der Waals surface area contributed by atoms with E-state index in [1.165, 1.54) is 51.0 Å². The van der Waals surface area contributed by atoms with Crippen molar-refractivity contribution in [1.82, 2.24) is 29.7 Å². The maximum atomic E-state index is 12.9.